The van der Waals surface area contributed by atoms with Gasteiger partial charge >= 0.3 is 5.97 Å². The van der Waals surface area contributed by atoms with Gasteiger partial charge in [0.05, 0.1) is 0 Å². The van der Waals surface area contributed by atoms with Crippen LogP contribution in [0.1, 0.15) is 13.8 Å². The summed E-state index contributed by atoms with van der Waals surface area (Å²) in [6, 6.07) is 0. The Labute approximate surface area is 57.5 Å². The van der Waals surface area contributed by atoms with E-state index in [1.807, 2.05) is 0 Å². The average molecular weight is 150 g/mol. The Bertz CT molecular complexity index is 158. The number of hydrogen-bond acceptors (Lipinski definition) is 2. The van der Waals surface area contributed by atoms with Crippen LogP contribution in [0.4, 0.5) is 8.78 Å². The van der Waals surface area contributed by atoms with Gasteiger partial charge in [-0.1, -0.05) is 6.58 Å². The topological polar surface area (TPSA) is 26.3 Å². The standard InChI is InChI=1S/C6H8F2O2/c1-4(7)5(9)10-6(2,3)8/h1H2,2-3H3. The van der Waals surface area contributed by atoms with Gasteiger partial charge in [0.25, 0.3) is 0 Å². The maximum Gasteiger partial charge on any atom is 0.369 e. The minimum Gasteiger partial charge on any atom is -0.424 e. The first kappa shape index (κ1) is 9.07. The maximum atomic E-state index is 12.3. The summed E-state index contributed by atoms with van der Waals surface area (Å²) in [5.41, 5.74) is 0. The van der Waals surface area contributed by atoms with Gasteiger partial charge in [-0.2, -0.15) is 8.78 Å². The first-order valence-corrected chi connectivity index (χ1v) is 2.59. The van der Waals surface area contributed by atoms with Gasteiger partial charge < -0.3 is 4.74 Å². The van der Waals surface area contributed by atoms with E-state index in [4.69, 9.17) is 0 Å². The van der Waals surface area contributed by atoms with Crippen molar-refractivity contribution in [2.45, 2.75) is 19.7 Å². The lowest BCUT2D eigenvalue weighted by Crippen LogP contribution is -2.22. The summed E-state index contributed by atoms with van der Waals surface area (Å²) < 4.78 is 28.1. The molecule has 0 rings (SSSR count). The Morgan fingerprint density at radius 1 is 1.60 bits per heavy atom. The van der Waals surface area contributed by atoms with Crippen molar-refractivity contribution in [3.63, 3.8) is 0 Å². The number of ether oxygens (including phenoxy) is 1. The van der Waals surface area contributed by atoms with Crippen molar-refractivity contribution in [3.05, 3.63) is 12.4 Å². The van der Waals surface area contributed by atoms with E-state index >= 15 is 0 Å². The summed E-state index contributed by atoms with van der Waals surface area (Å²) in [7, 11) is 0. The van der Waals surface area contributed by atoms with E-state index < -0.39 is 17.7 Å². The van der Waals surface area contributed by atoms with Crippen LogP contribution in [-0.4, -0.2) is 11.8 Å². The highest BCUT2D eigenvalue weighted by atomic mass is 19.2. The summed E-state index contributed by atoms with van der Waals surface area (Å²) in [4.78, 5) is 10.2. The molecule has 0 aromatic rings. The highest BCUT2D eigenvalue weighted by Gasteiger charge is 2.22. The smallest absolute Gasteiger partial charge is 0.369 e. The molecule has 0 aliphatic heterocycles. The number of rotatable bonds is 2. The third-order valence-corrected chi connectivity index (χ3v) is 0.557. The molecule has 4 heteroatoms. The van der Waals surface area contributed by atoms with E-state index in [0.29, 0.717) is 0 Å². The van der Waals surface area contributed by atoms with Crippen LogP contribution >= 0.6 is 0 Å². The first-order valence-electron chi connectivity index (χ1n) is 2.59. The van der Waals surface area contributed by atoms with E-state index in [1.54, 1.807) is 0 Å². The fourth-order valence-electron chi connectivity index (χ4n) is 0.276. The molecule has 0 radical (unpaired) electrons. The third kappa shape index (κ3) is 4.00. The Morgan fingerprint density at radius 2 is 2.00 bits per heavy atom. The minimum absolute atomic E-state index is 0.994. The molecular formula is C6H8F2O2. The van der Waals surface area contributed by atoms with Crippen LogP contribution in [0.25, 0.3) is 0 Å². The first-order chi connectivity index (χ1) is 4.33. The highest BCUT2D eigenvalue weighted by molar-refractivity contribution is 5.85. The zero-order chi connectivity index (χ0) is 8.36. The van der Waals surface area contributed by atoms with E-state index in [9.17, 15) is 13.6 Å². The average Bonchev–Trinajstić information content (AvgIpc) is 1.60. The van der Waals surface area contributed by atoms with Crippen molar-refractivity contribution in [2.24, 2.45) is 0 Å². The van der Waals surface area contributed by atoms with Crippen LogP contribution in [0.3, 0.4) is 0 Å². The van der Waals surface area contributed by atoms with Crippen LogP contribution in [0.5, 0.6) is 0 Å². The van der Waals surface area contributed by atoms with Crippen molar-refractivity contribution < 1.29 is 18.3 Å². The molecule has 0 aliphatic carbocycles. The van der Waals surface area contributed by atoms with Crippen molar-refractivity contribution in [1.29, 1.82) is 0 Å². The molecule has 0 amide bonds. The zero-order valence-corrected chi connectivity index (χ0v) is 5.78. The molecule has 0 aliphatic rings. The van der Waals surface area contributed by atoms with Crippen LogP contribution in [-0.2, 0) is 9.53 Å². The fourth-order valence-corrected chi connectivity index (χ4v) is 0.276. The largest absolute Gasteiger partial charge is 0.424 e. The molecule has 0 saturated heterocycles. The summed E-state index contributed by atoms with van der Waals surface area (Å²) in [5, 5.41) is 0. The van der Waals surface area contributed by atoms with Crippen LogP contribution in [0.2, 0.25) is 0 Å². The molecule has 0 aromatic heterocycles. The lowest BCUT2D eigenvalue weighted by molar-refractivity contribution is -0.170. The normalized spacial score (nSPS) is 10.8. The Balaban J connectivity index is 3.93. The number of esters is 1. The predicted octanol–water partition coefficient (Wildman–Crippen LogP) is 1.72. The molecular weight excluding hydrogens is 142 g/mol. The molecule has 0 unspecified atom stereocenters. The number of halogens is 2. The van der Waals surface area contributed by atoms with Gasteiger partial charge in [-0.3, -0.25) is 0 Å². The van der Waals surface area contributed by atoms with Crippen molar-refractivity contribution in [1.82, 2.24) is 0 Å². The molecule has 0 aromatic carbocycles. The minimum atomic E-state index is -2.15. The van der Waals surface area contributed by atoms with Gasteiger partial charge in [-0.05, 0) is 0 Å². The molecule has 0 N–H and O–H groups in total. The number of hydrogen-bond donors (Lipinski definition) is 0. The monoisotopic (exact) mass is 150 g/mol. The summed E-state index contributed by atoms with van der Waals surface area (Å²) in [6.45, 7) is 4.62. The van der Waals surface area contributed by atoms with E-state index in [1.165, 1.54) is 0 Å². The van der Waals surface area contributed by atoms with Gasteiger partial charge in [0.2, 0.25) is 11.7 Å². The molecule has 0 atom stereocenters. The molecule has 2 nitrogen and oxygen atoms in total. The maximum absolute atomic E-state index is 12.3. The second-order valence-electron chi connectivity index (χ2n) is 2.16. The second kappa shape index (κ2) is 2.77. The second-order valence-corrected chi connectivity index (χ2v) is 2.16. The van der Waals surface area contributed by atoms with Gasteiger partial charge in [0.1, 0.15) is 0 Å². The quantitative estimate of drug-likeness (QED) is 0.442. The molecule has 0 heterocycles. The third-order valence-electron chi connectivity index (χ3n) is 0.557. The molecule has 0 fully saturated rings. The summed E-state index contributed by atoms with van der Waals surface area (Å²) in [5.74, 6) is -4.82. The number of alkyl halides is 1. The SMILES string of the molecule is C=C(F)C(=O)OC(C)(C)F. The van der Waals surface area contributed by atoms with E-state index in [2.05, 4.69) is 11.3 Å². The zero-order valence-electron chi connectivity index (χ0n) is 5.78. The molecule has 58 valence electrons. The van der Waals surface area contributed by atoms with Crippen LogP contribution in [0.15, 0.2) is 12.4 Å². The van der Waals surface area contributed by atoms with E-state index in [0.717, 1.165) is 13.8 Å². The highest BCUT2D eigenvalue weighted by Crippen LogP contribution is 2.12. The molecule has 0 bridgehead atoms. The van der Waals surface area contributed by atoms with Gasteiger partial charge in [-0.15, -0.1) is 0 Å². The van der Waals surface area contributed by atoms with Crippen LogP contribution < -0.4 is 0 Å². The lowest BCUT2D eigenvalue weighted by atomic mass is 10.4. The number of carbonyl (C=O) groups excluding carboxylic acids is 1. The Morgan fingerprint density at radius 3 is 2.10 bits per heavy atom. The van der Waals surface area contributed by atoms with Crippen molar-refractivity contribution >= 4 is 5.97 Å². The van der Waals surface area contributed by atoms with Gasteiger partial charge in [0.15, 0.2) is 0 Å². The van der Waals surface area contributed by atoms with Gasteiger partial charge in [0, 0.05) is 13.8 Å². The number of carbonyl (C=O) groups is 1. The Kier molecular flexibility index (Phi) is 2.51. The summed E-state index contributed by atoms with van der Waals surface area (Å²) in [6.07, 6.45) is 0. The molecule has 0 saturated carbocycles. The fraction of sp³-hybridized carbons (Fsp3) is 0.500. The predicted molar refractivity (Wildman–Crippen MR) is 31.5 cm³/mol. The van der Waals surface area contributed by atoms with E-state index in [-0.39, 0.29) is 0 Å². The lowest BCUT2D eigenvalue weighted by Gasteiger charge is -2.13. The molecule has 10 heavy (non-hydrogen) atoms. The van der Waals surface area contributed by atoms with Gasteiger partial charge in [-0.25, -0.2) is 4.79 Å². The molecule has 0 spiro atoms. The summed E-state index contributed by atoms with van der Waals surface area (Å²) >= 11 is 0. The van der Waals surface area contributed by atoms with Crippen molar-refractivity contribution in [3.8, 4) is 0 Å². The van der Waals surface area contributed by atoms with Crippen molar-refractivity contribution in [2.75, 3.05) is 0 Å². The Hall–Kier alpha value is -0.930. The van der Waals surface area contributed by atoms with Crippen LogP contribution in [0, 0.1) is 0 Å².